The van der Waals surface area contributed by atoms with E-state index in [1.54, 1.807) is 37.7 Å². The molecular formula is C24H24N2O4. The number of hydrogen-bond acceptors (Lipinski definition) is 6. The molecule has 0 radical (unpaired) electrons. The van der Waals surface area contributed by atoms with Crippen molar-refractivity contribution in [2.45, 2.75) is 27.4 Å². The van der Waals surface area contributed by atoms with Crippen LogP contribution in [-0.4, -0.2) is 22.5 Å². The molecule has 2 heterocycles. The Morgan fingerprint density at radius 3 is 2.43 bits per heavy atom. The fourth-order valence-electron chi connectivity index (χ4n) is 2.86. The number of pyridine rings is 2. The average Bonchev–Trinajstić information content (AvgIpc) is 2.75. The highest BCUT2D eigenvalue weighted by atomic mass is 16.5. The van der Waals surface area contributed by atoms with Crippen LogP contribution in [0.4, 0.5) is 0 Å². The highest BCUT2D eigenvalue weighted by Gasteiger charge is 2.09. The maximum absolute atomic E-state index is 11.5. The van der Waals surface area contributed by atoms with Gasteiger partial charge in [-0.1, -0.05) is 0 Å². The van der Waals surface area contributed by atoms with E-state index in [-0.39, 0.29) is 5.97 Å². The number of esters is 1. The van der Waals surface area contributed by atoms with Crippen molar-refractivity contribution in [2.24, 2.45) is 0 Å². The maximum atomic E-state index is 11.5. The second-order valence-corrected chi connectivity index (χ2v) is 6.65. The Morgan fingerprint density at radius 1 is 1.07 bits per heavy atom. The van der Waals surface area contributed by atoms with Gasteiger partial charge in [-0.15, -0.1) is 0 Å². The van der Waals surface area contributed by atoms with E-state index in [2.05, 4.69) is 9.97 Å². The Kier molecular flexibility index (Phi) is 7.16. The van der Waals surface area contributed by atoms with Crippen LogP contribution in [0.1, 0.15) is 29.2 Å². The summed E-state index contributed by atoms with van der Waals surface area (Å²) in [5.41, 5.74) is 3.82. The van der Waals surface area contributed by atoms with Gasteiger partial charge in [-0.25, -0.2) is 9.78 Å². The van der Waals surface area contributed by atoms with Gasteiger partial charge in [-0.3, -0.25) is 4.98 Å². The molecule has 0 atom stereocenters. The summed E-state index contributed by atoms with van der Waals surface area (Å²) in [6, 6.07) is 11.3. The molecule has 6 heteroatoms. The second kappa shape index (κ2) is 10.2. The molecule has 2 aromatic heterocycles. The van der Waals surface area contributed by atoms with Gasteiger partial charge >= 0.3 is 5.97 Å². The number of ether oxygens (including phenoxy) is 3. The summed E-state index contributed by atoms with van der Waals surface area (Å²) in [6.07, 6.45) is 8.25. The summed E-state index contributed by atoms with van der Waals surface area (Å²) in [4.78, 5) is 19.8. The minimum absolute atomic E-state index is 0.356. The Hall–Kier alpha value is -3.67. The average molecular weight is 404 g/mol. The topological polar surface area (TPSA) is 70.5 Å². The molecule has 0 saturated heterocycles. The van der Waals surface area contributed by atoms with Crippen LogP contribution in [0.3, 0.4) is 0 Å². The molecule has 6 nitrogen and oxygen atoms in total. The van der Waals surface area contributed by atoms with Crippen molar-refractivity contribution >= 4 is 12.0 Å². The van der Waals surface area contributed by atoms with E-state index >= 15 is 0 Å². The molecule has 3 rings (SSSR count). The van der Waals surface area contributed by atoms with Gasteiger partial charge in [-0.2, -0.15) is 0 Å². The van der Waals surface area contributed by atoms with Crippen molar-refractivity contribution < 1.29 is 19.0 Å². The Bertz CT molecular complexity index is 992. The van der Waals surface area contributed by atoms with Gasteiger partial charge in [0.25, 0.3) is 0 Å². The lowest BCUT2D eigenvalue weighted by molar-refractivity contribution is -0.137. The Balaban J connectivity index is 1.64. The van der Waals surface area contributed by atoms with Crippen molar-refractivity contribution in [3.63, 3.8) is 0 Å². The minimum atomic E-state index is -0.358. The Morgan fingerprint density at radius 2 is 1.80 bits per heavy atom. The summed E-state index contributed by atoms with van der Waals surface area (Å²) in [6.45, 7) is 6.49. The molecular weight excluding hydrogens is 380 g/mol. The van der Waals surface area contributed by atoms with Crippen molar-refractivity contribution in [1.29, 1.82) is 0 Å². The van der Waals surface area contributed by atoms with Crippen LogP contribution in [0.25, 0.3) is 6.08 Å². The molecule has 0 N–H and O–H groups in total. The number of aryl methyl sites for hydroxylation is 2. The van der Waals surface area contributed by atoms with Gasteiger partial charge in [0.05, 0.1) is 12.8 Å². The SMILES string of the molecule is CCOC(=O)C=Cc1cc(C)c(Oc2ccc(OCc3ccncc3)cn2)c(C)c1. The van der Waals surface area contributed by atoms with Gasteiger partial charge in [-0.05, 0) is 79.4 Å². The van der Waals surface area contributed by atoms with Gasteiger partial charge in [0.15, 0.2) is 0 Å². The van der Waals surface area contributed by atoms with E-state index in [0.29, 0.717) is 24.8 Å². The predicted molar refractivity (Wildman–Crippen MR) is 114 cm³/mol. The molecule has 0 unspecified atom stereocenters. The fourth-order valence-corrected chi connectivity index (χ4v) is 2.86. The van der Waals surface area contributed by atoms with Gasteiger partial charge in [0.2, 0.25) is 5.88 Å². The molecule has 30 heavy (non-hydrogen) atoms. The quantitative estimate of drug-likeness (QED) is 0.387. The van der Waals surface area contributed by atoms with Gasteiger partial charge < -0.3 is 14.2 Å². The fraction of sp³-hybridized carbons (Fsp3) is 0.208. The zero-order valence-electron chi connectivity index (χ0n) is 17.3. The lowest BCUT2D eigenvalue weighted by Crippen LogP contribution is -1.99. The number of carbonyl (C=O) groups is 1. The van der Waals surface area contributed by atoms with E-state index in [1.165, 1.54) is 6.08 Å². The van der Waals surface area contributed by atoms with Crippen LogP contribution in [0.2, 0.25) is 0 Å². The van der Waals surface area contributed by atoms with Crippen LogP contribution in [0.5, 0.6) is 17.4 Å². The van der Waals surface area contributed by atoms with Crippen molar-refractivity contribution in [3.8, 4) is 17.4 Å². The maximum Gasteiger partial charge on any atom is 0.330 e. The van der Waals surface area contributed by atoms with Crippen LogP contribution in [0.15, 0.2) is 61.1 Å². The third-order valence-electron chi connectivity index (χ3n) is 4.25. The van der Waals surface area contributed by atoms with Crippen molar-refractivity contribution in [2.75, 3.05) is 6.61 Å². The zero-order chi connectivity index (χ0) is 21.3. The first-order valence-electron chi connectivity index (χ1n) is 9.67. The van der Waals surface area contributed by atoms with Crippen molar-refractivity contribution in [1.82, 2.24) is 9.97 Å². The third kappa shape index (κ3) is 5.91. The van der Waals surface area contributed by atoms with Crippen LogP contribution in [0, 0.1) is 13.8 Å². The lowest BCUT2D eigenvalue weighted by atomic mass is 10.1. The first-order valence-corrected chi connectivity index (χ1v) is 9.67. The number of rotatable bonds is 8. The van der Waals surface area contributed by atoms with E-state index in [4.69, 9.17) is 14.2 Å². The van der Waals surface area contributed by atoms with E-state index < -0.39 is 0 Å². The predicted octanol–water partition coefficient (Wildman–Crippen LogP) is 5.04. The highest BCUT2D eigenvalue weighted by Crippen LogP contribution is 2.30. The van der Waals surface area contributed by atoms with Crippen LogP contribution < -0.4 is 9.47 Å². The number of carbonyl (C=O) groups excluding carboxylic acids is 1. The monoisotopic (exact) mass is 404 g/mol. The van der Waals surface area contributed by atoms with Crippen molar-refractivity contribution in [3.05, 3.63) is 83.3 Å². The molecule has 1 aromatic carbocycles. The molecule has 0 fully saturated rings. The summed E-state index contributed by atoms with van der Waals surface area (Å²) in [7, 11) is 0. The first-order chi connectivity index (χ1) is 14.5. The normalized spacial score (nSPS) is 10.8. The van der Waals surface area contributed by atoms with Crippen LogP contribution in [-0.2, 0) is 16.1 Å². The molecule has 0 amide bonds. The molecule has 0 spiro atoms. The summed E-state index contributed by atoms with van der Waals surface area (Å²) < 4.78 is 16.6. The molecule has 0 aliphatic heterocycles. The number of aromatic nitrogens is 2. The smallest absolute Gasteiger partial charge is 0.330 e. The summed E-state index contributed by atoms with van der Waals surface area (Å²) in [5, 5.41) is 0. The van der Waals surface area contributed by atoms with Gasteiger partial charge in [0, 0.05) is 24.5 Å². The van der Waals surface area contributed by atoms with E-state index in [0.717, 1.165) is 28.0 Å². The summed E-state index contributed by atoms with van der Waals surface area (Å²) in [5.74, 6) is 1.52. The number of hydrogen-bond donors (Lipinski definition) is 0. The molecule has 0 bridgehead atoms. The third-order valence-corrected chi connectivity index (χ3v) is 4.25. The largest absolute Gasteiger partial charge is 0.487 e. The standard InChI is InChI=1S/C24H24N2O4/c1-4-28-23(27)8-5-20-13-17(2)24(18(3)14-20)30-22-7-6-21(15-26-22)29-16-19-9-11-25-12-10-19/h5-15H,4,16H2,1-3H3. The number of benzene rings is 1. The molecule has 0 aliphatic rings. The Labute approximate surface area is 176 Å². The first kappa shape index (κ1) is 21.0. The van der Waals surface area contributed by atoms with Gasteiger partial charge in [0.1, 0.15) is 18.1 Å². The highest BCUT2D eigenvalue weighted by molar-refractivity contribution is 5.87. The number of nitrogens with zero attached hydrogens (tertiary/aromatic N) is 2. The van der Waals surface area contributed by atoms with E-state index in [9.17, 15) is 4.79 Å². The van der Waals surface area contributed by atoms with Crippen LogP contribution >= 0.6 is 0 Å². The molecule has 0 saturated carbocycles. The molecule has 0 aliphatic carbocycles. The second-order valence-electron chi connectivity index (χ2n) is 6.65. The lowest BCUT2D eigenvalue weighted by Gasteiger charge is -2.13. The zero-order valence-corrected chi connectivity index (χ0v) is 17.3. The molecule has 154 valence electrons. The molecule has 3 aromatic rings. The summed E-state index contributed by atoms with van der Waals surface area (Å²) >= 11 is 0. The minimum Gasteiger partial charge on any atom is -0.487 e. The van der Waals surface area contributed by atoms with E-state index in [1.807, 2.05) is 44.2 Å².